The fourth-order valence-electron chi connectivity index (χ4n) is 0.558. The first kappa shape index (κ1) is 29.4. The van der Waals surface area contributed by atoms with Crippen LogP contribution in [0, 0.1) is 15.9 Å². The van der Waals surface area contributed by atoms with Crippen LogP contribution in [-0.4, -0.2) is 15.4 Å². The van der Waals surface area contributed by atoms with Crippen molar-refractivity contribution >= 4 is 0 Å². The fourth-order valence-corrected chi connectivity index (χ4v) is 0.558. The van der Waals surface area contributed by atoms with Crippen LogP contribution in [-0.2, 0) is 16.8 Å². The van der Waals surface area contributed by atoms with Gasteiger partial charge in [-0.05, 0) is 22.5 Å². The van der Waals surface area contributed by atoms with Gasteiger partial charge in [-0.15, -0.1) is 16.7 Å². The van der Waals surface area contributed by atoms with Gasteiger partial charge in [-0.3, -0.25) is 32.4 Å². The molecular formula is C14H20CoN5O4-. The third-order valence-electron chi connectivity index (χ3n) is 1.27. The van der Waals surface area contributed by atoms with Gasteiger partial charge in [0.2, 0.25) is 0 Å². The van der Waals surface area contributed by atoms with E-state index in [4.69, 9.17) is 20.2 Å². The molecular weight excluding hydrogens is 361 g/mol. The quantitative estimate of drug-likeness (QED) is 0.266. The Bertz CT molecular complexity index is 397. The second-order valence-electron chi connectivity index (χ2n) is 2.83. The Morgan fingerprint density at radius 1 is 1.04 bits per heavy atom. The number of hydrogen-bond acceptors (Lipinski definition) is 9. The van der Waals surface area contributed by atoms with Crippen LogP contribution in [0.2, 0.25) is 0 Å². The summed E-state index contributed by atoms with van der Waals surface area (Å²) in [5.41, 5.74) is 3.19. The number of aromatic nitrogens is 1. The topological polar surface area (TPSA) is 136 Å². The minimum absolute atomic E-state index is 0. The SMILES string of the molecule is C=[C-]/C=C/C.O=N/C=C\NO.O=N/C=C\NO.[Co].c1ccncc1. The summed E-state index contributed by atoms with van der Waals surface area (Å²) in [6, 6.07) is 5.72. The van der Waals surface area contributed by atoms with E-state index in [0.29, 0.717) is 0 Å². The van der Waals surface area contributed by atoms with Gasteiger partial charge >= 0.3 is 0 Å². The Balaban J connectivity index is -0.000000110. The van der Waals surface area contributed by atoms with Gasteiger partial charge in [-0.25, -0.2) is 12.2 Å². The number of rotatable bonds is 5. The maximum absolute atomic E-state index is 9.08. The molecule has 10 heteroatoms. The van der Waals surface area contributed by atoms with Gasteiger partial charge in [-0.2, -0.15) is 6.58 Å². The third-order valence-corrected chi connectivity index (χ3v) is 1.27. The van der Waals surface area contributed by atoms with Gasteiger partial charge in [-0.1, -0.05) is 6.07 Å². The molecule has 4 N–H and O–H groups in total. The molecule has 0 unspecified atom stereocenters. The normalized spacial score (nSPS) is 8.29. The number of pyridine rings is 1. The van der Waals surface area contributed by atoms with Crippen molar-refractivity contribution in [3.63, 3.8) is 0 Å². The smallest absolute Gasteiger partial charge is 0.0895 e. The summed E-state index contributed by atoms with van der Waals surface area (Å²) in [5, 5.41) is 19.9. The molecule has 1 aromatic heterocycles. The van der Waals surface area contributed by atoms with Crippen molar-refractivity contribution in [1.29, 1.82) is 0 Å². The zero-order valence-corrected chi connectivity index (χ0v) is 14.0. The van der Waals surface area contributed by atoms with Gasteiger partial charge in [0, 0.05) is 41.6 Å². The Labute approximate surface area is 151 Å². The zero-order valence-electron chi connectivity index (χ0n) is 12.9. The van der Waals surface area contributed by atoms with Crippen LogP contribution in [0.25, 0.3) is 0 Å². The van der Waals surface area contributed by atoms with Crippen molar-refractivity contribution in [2.24, 2.45) is 10.4 Å². The summed E-state index contributed by atoms with van der Waals surface area (Å²) in [5.74, 6) is 0. The Hall–Kier alpha value is -2.66. The van der Waals surface area contributed by atoms with Gasteiger partial charge in [0.05, 0.1) is 12.4 Å². The van der Waals surface area contributed by atoms with Crippen molar-refractivity contribution in [2.45, 2.75) is 6.92 Å². The van der Waals surface area contributed by atoms with Crippen LogP contribution < -0.4 is 11.0 Å². The molecule has 0 amide bonds. The monoisotopic (exact) mass is 381 g/mol. The van der Waals surface area contributed by atoms with Crippen molar-refractivity contribution in [3.05, 3.63) is 90.0 Å². The van der Waals surface area contributed by atoms with Gasteiger partial charge in [0.1, 0.15) is 0 Å². The molecule has 135 valence electrons. The van der Waals surface area contributed by atoms with Crippen LogP contribution in [0.1, 0.15) is 6.92 Å². The van der Waals surface area contributed by atoms with Gasteiger partial charge < -0.3 is 0 Å². The fraction of sp³-hybridized carbons (Fsp3) is 0.0714. The molecule has 0 aliphatic heterocycles. The minimum Gasteiger partial charge on any atom is -0.292 e. The van der Waals surface area contributed by atoms with Crippen LogP contribution in [0.3, 0.4) is 0 Å². The number of hydrogen-bond donors (Lipinski definition) is 4. The number of allylic oxidation sites excluding steroid dienone is 3. The average molecular weight is 381 g/mol. The molecule has 0 atom stereocenters. The van der Waals surface area contributed by atoms with E-state index in [1.165, 1.54) is 0 Å². The molecule has 24 heavy (non-hydrogen) atoms. The first-order chi connectivity index (χ1) is 11.2. The second kappa shape index (κ2) is 37.0. The standard InChI is InChI=1S/C5H5N.C5H7.2C2H4N2O2.Co/c1-2-4-6-5-3-1;1-3-5-4-2;2*5-3-1-2-4-6;/h1-5H;4-5H,1H2,2H3;2*1-3,5H;/q;-1;;;/b;5-4+;2*2-1-;. The van der Waals surface area contributed by atoms with E-state index in [-0.39, 0.29) is 16.8 Å². The molecule has 0 bridgehead atoms. The number of nitrogens with zero attached hydrogens (tertiary/aromatic N) is 3. The first-order valence-electron chi connectivity index (χ1n) is 5.98. The maximum atomic E-state index is 9.08. The minimum atomic E-state index is 0. The molecule has 0 aromatic carbocycles. The summed E-state index contributed by atoms with van der Waals surface area (Å²) in [4.78, 5) is 21.9. The van der Waals surface area contributed by atoms with Crippen molar-refractivity contribution in [2.75, 3.05) is 0 Å². The predicted molar refractivity (Wildman–Crippen MR) is 87.6 cm³/mol. The Morgan fingerprint density at radius 3 is 1.58 bits per heavy atom. The van der Waals surface area contributed by atoms with Gasteiger partial charge in [0.15, 0.2) is 0 Å². The second-order valence-corrected chi connectivity index (χ2v) is 2.83. The molecule has 0 spiro atoms. The zero-order chi connectivity index (χ0) is 18.0. The van der Waals surface area contributed by atoms with Crippen LogP contribution >= 0.6 is 0 Å². The molecule has 9 nitrogen and oxygen atoms in total. The van der Waals surface area contributed by atoms with E-state index in [2.05, 4.69) is 28.0 Å². The molecule has 0 fully saturated rings. The van der Waals surface area contributed by atoms with Gasteiger partial charge in [0.25, 0.3) is 0 Å². The molecule has 1 radical (unpaired) electrons. The summed E-state index contributed by atoms with van der Waals surface area (Å²) in [6.07, 6.45) is 13.5. The predicted octanol–water partition coefficient (Wildman–Crippen LogP) is 3.04. The Kier molecular flexibility index (Phi) is 45.3. The molecule has 1 rings (SSSR count). The van der Waals surface area contributed by atoms with E-state index in [9.17, 15) is 0 Å². The molecule has 1 aromatic rings. The van der Waals surface area contributed by atoms with E-state index in [0.717, 1.165) is 24.8 Å². The Morgan fingerprint density at radius 2 is 1.50 bits per heavy atom. The van der Waals surface area contributed by atoms with Crippen LogP contribution in [0.4, 0.5) is 0 Å². The number of hydroxylamine groups is 2. The molecule has 0 saturated carbocycles. The number of nitroso groups, excluding NO2 is 2. The summed E-state index contributed by atoms with van der Waals surface area (Å²) >= 11 is 0. The third kappa shape index (κ3) is 50.6. The molecule has 1 heterocycles. The van der Waals surface area contributed by atoms with E-state index in [1.807, 2.05) is 31.2 Å². The van der Waals surface area contributed by atoms with E-state index in [1.54, 1.807) is 29.4 Å². The van der Waals surface area contributed by atoms with Crippen LogP contribution in [0.15, 0.2) is 84.5 Å². The van der Waals surface area contributed by atoms with Crippen molar-refractivity contribution in [1.82, 2.24) is 15.9 Å². The molecule has 0 aliphatic rings. The molecule has 0 aliphatic carbocycles. The van der Waals surface area contributed by atoms with E-state index >= 15 is 0 Å². The van der Waals surface area contributed by atoms with E-state index < -0.39 is 0 Å². The average Bonchev–Trinajstić information content (AvgIpc) is 2.62. The number of nitrogens with one attached hydrogen (secondary N) is 2. The summed E-state index contributed by atoms with van der Waals surface area (Å²) in [6.45, 7) is 5.27. The van der Waals surface area contributed by atoms with Crippen molar-refractivity contribution < 1.29 is 27.2 Å². The first-order valence-corrected chi connectivity index (χ1v) is 5.98. The summed E-state index contributed by atoms with van der Waals surface area (Å²) < 4.78 is 0. The van der Waals surface area contributed by atoms with Crippen LogP contribution in [0.5, 0.6) is 0 Å². The van der Waals surface area contributed by atoms with Crippen molar-refractivity contribution in [3.8, 4) is 0 Å². The summed E-state index contributed by atoms with van der Waals surface area (Å²) in [7, 11) is 0. The largest absolute Gasteiger partial charge is 0.292 e. The molecule has 0 saturated heterocycles. The maximum Gasteiger partial charge on any atom is 0.0895 e.